The monoisotopic (exact) mass is 497 g/mol. The van der Waals surface area contributed by atoms with Crippen LogP contribution in [0.5, 0.6) is 17.4 Å². The fourth-order valence-electron chi connectivity index (χ4n) is 4.49. The van der Waals surface area contributed by atoms with Crippen molar-refractivity contribution in [2.45, 2.75) is 13.8 Å². The molecule has 6 rings (SSSR count). The summed E-state index contributed by atoms with van der Waals surface area (Å²) in [6.07, 6.45) is 0. The highest BCUT2D eigenvalue weighted by Crippen LogP contribution is 2.40. The molecule has 0 radical (unpaired) electrons. The van der Waals surface area contributed by atoms with Gasteiger partial charge in [0.25, 0.3) is 0 Å². The summed E-state index contributed by atoms with van der Waals surface area (Å²) >= 11 is 1.59. The lowest BCUT2D eigenvalue weighted by Gasteiger charge is -2.27. The Kier molecular flexibility index (Phi) is 6.13. The molecule has 1 N–H and O–H groups in total. The van der Waals surface area contributed by atoms with E-state index in [-0.39, 0.29) is 0 Å². The lowest BCUT2D eigenvalue weighted by atomic mass is 10.1. The molecule has 1 aliphatic rings. The fraction of sp³-hybridized carbons (Fsp3) is 0.250. The number of rotatable bonds is 6. The number of aryl methyl sites for hydroxylation is 1. The highest BCUT2D eigenvalue weighted by Gasteiger charge is 2.21. The van der Waals surface area contributed by atoms with Gasteiger partial charge < -0.3 is 19.7 Å². The van der Waals surface area contributed by atoms with Crippen LogP contribution in [0.2, 0.25) is 0 Å². The standard InChI is InChI=1S/C28H27N5O2S/c1-3-34-26-25-24(31-28(32-26)33-15-13-29-14-16-33)23-18(2)17-22(30-27(23)36-25)19-9-11-21(12-10-19)35-20-7-5-4-6-8-20/h4-12,17,29H,3,13-16H2,1-2H3. The molecule has 0 spiro atoms. The first-order chi connectivity index (χ1) is 17.7. The molecule has 0 amide bonds. The topological polar surface area (TPSA) is 72.4 Å². The van der Waals surface area contributed by atoms with E-state index in [0.29, 0.717) is 12.5 Å². The van der Waals surface area contributed by atoms with Gasteiger partial charge in [-0.25, -0.2) is 9.97 Å². The third-order valence-corrected chi connectivity index (χ3v) is 7.31. The van der Waals surface area contributed by atoms with Gasteiger partial charge in [-0.15, -0.1) is 11.3 Å². The van der Waals surface area contributed by atoms with E-state index in [4.69, 9.17) is 24.4 Å². The summed E-state index contributed by atoms with van der Waals surface area (Å²) in [6, 6.07) is 20.0. The number of hydrogen-bond donors (Lipinski definition) is 1. The number of pyridine rings is 1. The average molecular weight is 498 g/mol. The Balaban J connectivity index is 1.39. The molecule has 1 saturated heterocycles. The van der Waals surface area contributed by atoms with E-state index in [0.717, 1.165) is 80.9 Å². The van der Waals surface area contributed by atoms with E-state index in [1.54, 1.807) is 11.3 Å². The number of benzene rings is 2. The summed E-state index contributed by atoms with van der Waals surface area (Å²) < 4.78 is 12.9. The van der Waals surface area contributed by atoms with Crippen LogP contribution in [-0.4, -0.2) is 47.7 Å². The Morgan fingerprint density at radius 2 is 1.69 bits per heavy atom. The SMILES string of the molecule is CCOc1nc(N2CCNCC2)nc2c1sc1nc(-c3ccc(Oc4ccccc4)cc3)cc(C)c12. The van der Waals surface area contributed by atoms with Gasteiger partial charge >= 0.3 is 0 Å². The second kappa shape index (κ2) is 9.72. The van der Waals surface area contributed by atoms with Crippen LogP contribution in [0.25, 0.3) is 31.7 Å². The molecule has 0 saturated carbocycles. The van der Waals surface area contributed by atoms with Gasteiger partial charge in [-0.05, 0) is 61.9 Å². The maximum absolute atomic E-state index is 5.97. The molecule has 1 aliphatic heterocycles. The molecule has 3 aromatic heterocycles. The summed E-state index contributed by atoms with van der Waals surface area (Å²) in [4.78, 5) is 18.0. The van der Waals surface area contributed by atoms with E-state index in [1.807, 2.05) is 61.5 Å². The minimum atomic E-state index is 0.552. The fourth-order valence-corrected chi connectivity index (χ4v) is 5.62. The number of hydrogen-bond acceptors (Lipinski definition) is 8. The van der Waals surface area contributed by atoms with Crippen LogP contribution >= 0.6 is 11.3 Å². The third kappa shape index (κ3) is 4.34. The van der Waals surface area contributed by atoms with E-state index < -0.39 is 0 Å². The maximum atomic E-state index is 5.97. The molecule has 0 unspecified atom stereocenters. The summed E-state index contributed by atoms with van der Waals surface area (Å²) in [5.74, 6) is 2.98. The summed E-state index contributed by atoms with van der Waals surface area (Å²) in [7, 11) is 0. The molecule has 7 nitrogen and oxygen atoms in total. The third-order valence-electron chi connectivity index (χ3n) is 6.25. The molecule has 2 aromatic carbocycles. The number of para-hydroxylation sites is 1. The van der Waals surface area contributed by atoms with Gasteiger partial charge in [0.1, 0.15) is 26.5 Å². The van der Waals surface area contributed by atoms with Crippen molar-refractivity contribution in [3.63, 3.8) is 0 Å². The second-order valence-corrected chi connectivity index (χ2v) is 9.72. The minimum Gasteiger partial charge on any atom is -0.477 e. The molecule has 1 fully saturated rings. The van der Waals surface area contributed by atoms with Crippen molar-refractivity contribution in [2.75, 3.05) is 37.7 Å². The number of ether oxygens (including phenoxy) is 2. The number of anilines is 1. The first kappa shape index (κ1) is 22.7. The molecular formula is C28H27N5O2S. The summed E-state index contributed by atoms with van der Waals surface area (Å²) in [6.45, 7) is 8.27. The van der Waals surface area contributed by atoms with Crippen LogP contribution in [-0.2, 0) is 0 Å². The highest BCUT2D eigenvalue weighted by atomic mass is 32.1. The van der Waals surface area contributed by atoms with Crippen molar-refractivity contribution < 1.29 is 9.47 Å². The molecule has 36 heavy (non-hydrogen) atoms. The number of piperazine rings is 1. The smallest absolute Gasteiger partial charge is 0.236 e. The first-order valence-corrected chi connectivity index (χ1v) is 13.0. The van der Waals surface area contributed by atoms with E-state index in [2.05, 4.69) is 23.2 Å². The predicted molar refractivity (Wildman–Crippen MR) is 146 cm³/mol. The quantitative estimate of drug-likeness (QED) is 0.317. The van der Waals surface area contributed by atoms with Crippen LogP contribution in [0.3, 0.4) is 0 Å². The molecule has 4 heterocycles. The lowest BCUT2D eigenvalue weighted by molar-refractivity contribution is 0.331. The zero-order valence-corrected chi connectivity index (χ0v) is 21.1. The molecule has 8 heteroatoms. The number of nitrogens with one attached hydrogen (secondary N) is 1. The Morgan fingerprint density at radius 1 is 0.944 bits per heavy atom. The molecule has 0 bridgehead atoms. The number of thiophene rings is 1. The average Bonchev–Trinajstić information content (AvgIpc) is 3.30. The van der Waals surface area contributed by atoms with Gasteiger partial charge in [-0.1, -0.05) is 18.2 Å². The van der Waals surface area contributed by atoms with E-state index in [9.17, 15) is 0 Å². The normalized spacial score (nSPS) is 13.9. The zero-order chi connectivity index (χ0) is 24.5. The van der Waals surface area contributed by atoms with Gasteiger partial charge in [0.15, 0.2) is 0 Å². The predicted octanol–water partition coefficient (Wildman–Crippen LogP) is 5.82. The van der Waals surface area contributed by atoms with Crippen LogP contribution in [0.1, 0.15) is 12.5 Å². The molecule has 182 valence electrons. The zero-order valence-electron chi connectivity index (χ0n) is 20.3. The second-order valence-electron chi connectivity index (χ2n) is 8.72. The highest BCUT2D eigenvalue weighted by molar-refractivity contribution is 7.25. The Labute approximate surface area is 213 Å². The maximum Gasteiger partial charge on any atom is 0.236 e. The van der Waals surface area contributed by atoms with E-state index >= 15 is 0 Å². The van der Waals surface area contributed by atoms with Crippen molar-refractivity contribution in [3.8, 4) is 28.6 Å². The van der Waals surface area contributed by atoms with Crippen molar-refractivity contribution in [3.05, 3.63) is 66.2 Å². The van der Waals surface area contributed by atoms with Crippen molar-refractivity contribution >= 4 is 37.7 Å². The number of aromatic nitrogens is 3. The van der Waals surface area contributed by atoms with Crippen molar-refractivity contribution in [1.29, 1.82) is 0 Å². The summed E-state index contributed by atoms with van der Waals surface area (Å²) in [5.41, 5.74) is 4.02. The van der Waals surface area contributed by atoms with E-state index in [1.165, 1.54) is 0 Å². The van der Waals surface area contributed by atoms with Gasteiger partial charge in [0.2, 0.25) is 11.8 Å². The van der Waals surface area contributed by atoms with Crippen LogP contribution in [0.4, 0.5) is 5.95 Å². The first-order valence-electron chi connectivity index (χ1n) is 12.2. The minimum absolute atomic E-state index is 0.552. The molecule has 0 aliphatic carbocycles. The van der Waals surface area contributed by atoms with Crippen LogP contribution in [0, 0.1) is 6.92 Å². The Hall–Kier alpha value is -3.75. The summed E-state index contributed by atoms with van der Waals surface area (Å²) in [5, 5.41) is 4.46. The van der Waals surface area contributed by atoms with Gasteiger partial charge in [0.05, 0.1) is 12.3 Å². The van der Waals surface area contributed by atoms with Crippen LogP contribution < -0.4 is 19.7 Å². The van der Waals surface area contributed by atoms with Gasteiger partial charge in [-0.2, -0.15) is 4.98 Å². The van der Waals surface area contributed by atoms with Crippen LogP contribution in [0.15, 0.2) is 60.7 Å². The Morgan fingerprint density at radius 3 is 2.44 bits per heavy atom. The largest absolute Gasteiger partial charge is 0.477 e. The molecule has 5 aromatic rings. The number of nitrogens with zero attached hydrogens (tertiary/aromatic N) is 4. The van der Waals surface area contributed by atoms with Crippen molar-refractivity contribution in [2.24, 2.45) is 0 Å². The lowest BCUT2D eigenvalue weighted by Crippen LogP contribution is -2.44. The van der Waals surface area contributed by atoms with Gasteiger partial charge in [-0.3, -0.25) is 0 Å². The molecule has 0 atom stereocenters. The van der Waals surface area contributed by atoms with Crippen molar-refractivity contribution in [1.82, 2.24) is 20.3 Å². The Bertz CT molecular complexity index is 1510. The number of fused-ring (bicyclic) bond motifs is 3. The molecular weight excluding hydrogens is 470 g/mol. The van der Waals surface area contributed by atoms with Gasteiger partial charge in [0, 0.05) is 37.1 Å².